The standard InChI is InChI=1S/C31H25Cl2FN4O3S/c1-2-27(31(41)38-28-15-14-20(32)18-35-28)42-22-11-6-10-21(16-22)36-30(40)26(17-23-24(33)12-7-13-25(23)34)37-29(39)19-8-4-3-5-9-19/h3-18,27H,2H2,1H3,(H,36,40)(H,37,39)(H,35,38,41)/b26-17+. The lowest BCUT2D eigenvalue weighted by molar-refractivity contribution is -0.116. The van der Waals surface area contributed by atoms with Crippen LogP contribution in [0.2, 0.25) is 10.0 Å². The van der Waals surface area contributed by atoms with Crippen LogP contribution in [0.4, 0.5) is 15.9 Å². The fourth-order valence-corrected chi connectivity index (χ4v) is 5.07. The first-order valence-corrected chi connectivity index (χ1v) is 14.4. The third kappa shape index (κ3) is 8.42. The average molecular weight is 624 g/mol. The van der Waals surface area contributed by atoms with Gasteiger partial charge < -0.3 is 16.0 Å². The minimum absolute atomic E-state index is 0.0473. The fourth-order valence-electron chi connectivity index (χ4n) is 3.72. The van der Waals surface area contributed by atoms with Gasteiger partial charge >= 0.3 is 0 Å². The van der Waals surface area contributed by atoms with Gasteiger partial charge in [0.05, 0.1) is 15.3 Å². The van der Waals surface area contributed by atoms with E-state index in [1.165, 1.54) is 42.2 Å². The van der Waals surface area contributed by atoms with Crippen molar-refractivity contribution in [2.75, 3.05) is 10.6 Å². The Labute approximate surface area is 256 Å². The Morgan fingerprint density at radius 1 is 0.952 bits per heavy atom. The molecule has 1 unspecified atom stereocenters. The normalized spacial score (nSPS) is 11.9. The molecular weight excluding hydrogens is 598 g/mol. The summed E-state index contributed by atoms with van der Waals surface area (Å²) < 4.78 is 14.6. The molecule has 3 N–H and O–H groups in total. The van der Waals surface area contributed by atoms with Gasteiger partial charge in [0, 0.05) is 27.9 Å². The molecule has 1 atom stereocenters. The van der Waals surface area contributed by atoms with Crippen LogP contribution in [0.1, 0.15) is 29.3 Å². The minimum atomic E-state index is -0.695. The molecule has 1 heterocycles. The fraction of sp³-hybridized carbons (Fsp3) is 0.0968. The van der Waals surface area contributed by atoms with Crippen molar-refractivity contribution in [3.8, 4) is 0 Å². The number of nitrogens with one attached hydrogen (secondary N) is 3. The molecule has 42 heavy (non-hydrogen) atoms. The number of carbonyl (C=O) groups excluding carboxylic acids is 3. The molecule has 0 spiro atoms. The molecule has 3 aromatic carbocycles. The van der Waals surface area contributed by atoms with Gasteiger partial charge in [0.15, 0.2) is 0 Å². The number of benzene rings is 3. The molecule has 0 saturated heterocycles. The van der Waals surface area contributed by atoms with Crippen molar-refractivity contribution in [1.82, 2.24) is 10.3 Å². The molecule has 0 aliphatic heterocycles. The molecule has 0 bridgehead atoms. The second kappa shape index (κ2) is 14.6. The zero-order chi connectivity index (χ0) is 30.1. The SMILES string of the molecule is CCC(Sc1cccc(NC(=O)/C(=C\c2c(F)cccc2Cl)NC(=O)c2ccccc2)c1)C(=O)Nc1ccc(Cl)cn1. The molecule has 0 radical (unpaired) electrons. The van der Waals surface area contributed by atoms with E-state index in [1.807, 2.05) is 13.0 Å². The van der Waals surface area contributed by atoms with Crippen LogP contribution in [0.25, 0.3) is 6.08 Å². The van der Waals surface area contributed by atoms with E-state index in [9.17, 15) is 18.8 Å². The van der Waals surface area contributed by atoms with Gasteiger partial charge in [-0.2, -0.15) is 0 Å². The largest absolute Gasteiger partial charge is 0.321 e. The predicted molar refractivity (Wildman–Crippen MR) is 166 cm³/mol. The van der Waals surface area contributed by atoms with Crippen LogP contribution in [0.3, 0.4) is 0 Å². The zero-order valence-electron chi connectivity index (χ0n) is 22.2. The average Bonchev–Trinajstić information content (AvgIpc) is 2.99. The van der Waals surface area contributed by atoms with E-state index in [1.54, 1.807) is 60.7 Å². The Balaban J connectivity index is 1.53. The van der Waals surface area contributed by atoms with Crippen LogP contribution >= 0.6 is 35.0 Å². The van der Waals surface area contributed by atoms with Crippen molar-refractivity contribution < 1.29 is 18.8 Å². The van der Waals surface area contributed by atoms with Gasteiger partial charge in [-0.3, -0.25) is 14.4 Å². The van der Waals surface area contributed by atoms with E-state index < -0.39 is 22.9 Å². The molecule has 0 saturated carbocycles. The third-order valence-electron chi connectivity index (χ3n) is 5.83. The van der Waals surface area contributed by atoms with E-state index in [0.29, 0.717) is 28.5 Å². The molecule has 3 amide bonds. The number of halogens is 3. The van der Waals surface area contributed by atoms with Crippen LogP contribution in [0.5, 0.6) is 0 Å². The number of carbonyl (C=O) groups is 3. The van der Waals surface area contributed by atoms with E-state index in [0.717, 1.165) is 4.90 Å². The number of hydrogen-bond donors (Lipinski definition) is 3. The highest BCUT2D eigenvalue weighted by molar-refractivity contribution is 8.00. The summed E-state index contributed by atoms with van der Waals surface area (Å²) >= 11 is 13.4. The number of hydrogen-bond acceptors (Lipinski definition) is 5. The Morgan fingerprint density at radius 2 is 1.71 bits per heavy atom. The highest BCUT2D eigenvalue weighted by Gasteiger charge is 2.20. The summed E-state index contributed by atoms with van der Waals surface area (Å²) in [6, 6.07) is 22.6. The smallest absolute Gasteiger partial charge is 0.272 e. The summed E-state index contributed by atoms with van der Waals surface area (Å²) in [5.74, 6) is -1.75. The lowest BCUT2D eigenvalue weighted by Crippen LogP contribution is -2.30. The molecule has 0 aliphatic carbocycles. The number of nitrogens with zero attached hydrogens (tertiary/aromatic N) is 1. The van der Waals surface area contributed by atoms with Gasteiger partial charge in [-0.1, -0.05) is 60.5 Å². The second-order valence-electron chi connectivity index (χ2n) is 8.86. The molecule has 0 aliphatic rings. The van der Waals surface area contributed by atoms with Crippen molar-refractivity contribution in [3.63, 3.8) is 0 Å². The molecule has 0 fully saturated rings. The lowest BCUT2D eigenvalue weighted by atomic mass is 10.1. The zero-order valence-corrected chi connectivity index (χ0v) is 24.6. The molecule has 11 heteroatoms. The highest BCUT2D eigenvalue weighted by atomic mass is 35.5. The number of anilines is 2. The van der Waals surface area contributed by atoms with Crippen molar-refractivity contribution in [3.05, 3.63) is 124 Å². The molecule has 4 rings (SSSR count). The maximum Gasteiger partial charge on any atom is 0.272 e. The summed E-state index contributed by atoms with van der Waals surface area (Å²) in [5.41, 5.74) is 0.454. The summed E-state index contributed by atoms with van der Waals surface area (Å²) in [7, 11) is 0. The van der Waals surface area contributed by atoms with Crippen molar-refractivity contribution in [2.45, 2.75) is 23.5 Å². The summed E-state index contributed by atoms with van der Waals surface area (Å²) in [6.07, 6.45) is 3.17. The van der Waals surface area contributed by atoms with Crippen LogP contribution in [-0.2, 0) is 9.59 Å². The maximum absolute atomic E-state index is 14.6. The van der Waals surface area contributed by atoms with Gasteiger partial charge in [0.1, 0.15) is 17.3 Å². The maximum atomic E-state index is 14.6. The first-order chi connectivity index (χ1) is 20.2. The predicted octanol–water partition coefficient (Wildman–Crippen LogP) is 7.45. The Kier molecular flexibility index (Phi) is 10.7. The minimum Gasteiger partial charge on any atom is -0.321 e. The van der Waals surface area contributed by atoms with E-state index in [-0.39, 0.29) is 22.2 Å². The molecule has 4 aromatic rings. The monoisotopic (exact) mass is 622 g/mol. The summed E-state index contributed by atoms with van der Waals surface area (Å²) in [5, 5.41) is 8.17. The number of pyridine rings is 1. The van der Waals surface area contributed by atoms with Gasteiger partial charge in [-0.05, 0) is 67.1 Å². The Morgan fingerprint density at radius 3 is 2.40 bits per heavy atom. The molecule has 214 valence electrons. The van der Waals surface area contributed by atoms with Crippen molar-refractivity contribution in [2.24, 2.45) is 0 Å². The van der Waals surface area contributed by atoms with E-state index in [2.05, 4.69) is 20.9 Å². The van der Waals surface area contributed by atoms with Crippen LogP contribution < -0.4 is 16.0 Å². The van der Waals surface area contributed by atoms with Crippen molar-refractivity contribution >= 4 is 70.3 Å². The number of rotatable bonds is 10. The van der Waals surface area contributed by atoms with Crippen LogP contribution in [0, 0.1) is 5.82 Å². The first kappa shape index (κ1) is 30.8. The number of thioether (sulfide) groups is 1. The van der Waals surface area contributed by atoms with E-state index in [4.69, 9.17) is 23.2 Å². The Bertz CT molecular complexity index is 1600. The first-order valence-electron chi connectivity index (χ1n) is 12.8. The lowest BCUT2D eigenvalue weighted by Gasteiger charge is -2.16. The molecule has 1 aromatic heterocycles. The Hall–Kier alpha value is -4.18. The quantitative estimate of drug-likeness (QED) is 0.126. The van der Waals surface area contributed by atoms with Gasteiger partial charge in [0.2, 0.25) is 5.91 Å². The van der Waals surface area contributed by atoms with E-state index >= 15 is 0 Å². The van der Waals surface area contributed by atoms with Gasteiger partial charge in [-0.25, -0.2) is 9.37 Å². The van der Waals surface area contributed by atoms with Gasteiger partial charge in [-0.15, -0.1) is 11.8 Å². The third-order valence-corrected chi connectivity index (χ3v) is 7.74. The molecular formula is C31H25Cl2FN4O3S. The van der Waals surface area contributed by atoms with Crippen LogP contribution in [-0.4, -0.2) is 28.0 Å². The number of amides is 3. The van der Waals surface area contributed by atoms with Crippen molar-refractivity contribution in [1.29, 1.82) is 0 Å². The highest BCUT2D eigenvalue weighted by Crippen LogP contribution is 2.29. The summed E-state index contributed by atoms with van der Waals surface area (Å²) in [4.78, 5) is 44.0. The van der Waals surface area contributed by atoms with Gasteiger partial charge in [0.25, 0.3) is 11.8 Å². The van der Waals surface area contributed by atoms with Crippen LogP contribution in [0.15, 0.2) is 102 Å². The topological polar surface area (TPSA) is 100 Å². The second-order valence-corrected chi connectivity index (χ2v) is 11.0. The molecule has 7 nitrogen and oxygen atoms in total. The summed E-state index contributed by atoms with van der Waals surface area (Å²) in [6.45, 7) is 1.89. The number of aromatic nitrogens is 1.